The Morgan fingerprint density at radius 2 is 1.89 bits per heavy atom. The predicted octanol–water partition coefficient (Wildman–Crippen LogP) is 2.96. The van der Waals surface area contributed by atoms with Crippen molar-refractivity contribution in [3.8, 4) is 5.75 Å². The summed E-state index contributed by atoms with van der Waals surface area (Å²) in [6, 6.07) is 13.4. The van der Waals surface area contributed by atoms with Gasteiger partial charge in [-0.05, 0) is 29.8 Å². The highest BCUT2D eigenvalue weighted by atomic mass is 16.7. The quantitative estimate of drug-likeness (QED) is 0.683. The summed E-state index contributed by atoms with van der Waals surface area (Å²) in [4.78, 5) is 28.2. The Morgan fingerprint density at radius 3 is 2.57 bits per heavy atom. The lowest BCUT2D eigenvalue weighted by Crippen LogP contribution is -2.44. The molecule has 2 aromatic heterocycles. The van der Waals surface area contributed by atoms with Gasteiger partial charge < -0.3 is 14.5 Å². The minimum absolute atomic E-state index is 0.0733. The number of aromatic nitrogens is 3. The van der Waals surface area contributed by atoms with Gasteiger partial charge in [0, 0.05) is 50.4 Å². The maximum Gasteiger partial charge on any atom is 0.415 e. The van der Waals surface area contributed by atoms with Crippen molar-refractivity contribution in [3.05, 3.63) is 78.6 Å². The smallest absolute Gasteiger partial charge is 0.410 e. The van der Waals surface area contributed by atoms with E-state index in [9.17, 15) is 4.79 Å². The van der Waals surface area contributed by atoms with Gasteiger partial charge in [0.2, 0.25) is 0 Å². The molecule has 0 spiro atoms. The van der Waals surface area contributed by atoms with Crippen molar-refractivity contribution in [2.45, 2.75) is 25.4 Å². The molecule has 3 aromatic rings. The van der Waals surface area contributed by atoms with Crippen molar-refractivity contribution in [1.29, 1.82) is 0 Å². The van der Waals surface area contributed by atoms with Gasteiger partial charge in [0.1, 0.15) is 18.2 Å². The number of nitrogens with zero attached hydrogens (tertiary/aromatic N) is 4. The number of imidazole rings is 1. The average molecular weight is 378 g/mol. The number of carbonyl (C=O) groups excluding carboxylic acids is 1. The lowest BCUT2D eigenvalue weighted by atomic mass is 10.1. The van der Waals surface area contributed by atoms with Crippen molar-refractivity contribution in [2.75, 3.05) is 13.1 Å². The monoisotopic (exact) mass is 378 g/mol. The van der Waals surface area contributed by atoms with Crippen LogP contribution in [0.25, 0.3) is 0 Å². The first kappa shape index (κ1) is 18.0. The molecule has 7 heteroatoms. The molecule has 1 fully saturated rings. The Morgan fingerprint density at radius 1 is 1.07 bits per heavy atom. The van der Waals surface area contributed by atoms with Gasteiger partial charge in [-0.25, -0.2) is 9.78 Å². The lowest BCUT2D eigenvalue weighted by Gasteiger charge is -2.31. The van der Waals surface area contributed by atoms with Crippen LogP contribution >= 0.6 is 0 Å². The minimum atomic E-state index is -0.321. The van der Waals surface area contributed by atoms with Crippen molar-refractivity contribution in [3.63, 3.8) is 0 Å². The summed E-state index contributed by atoms with van der Waals surface area (Å²) in [5, 5.41) is 0. The zero-order valence-corrected chi connectivity index (χ0v) is 15.5. The van der Waals surface area contributed by atoms with Crippen molar-refractivity contribution >= 4 is 6.09 Å². The molecule has 7 nitrogen and oxygen atoms in total. The molecule has 1 saturated heterocycles. The first-order valence-electron chi connectivity index (χ1n) is 9.37. The van der Waals surface area contributed by atoms with Crippen LogP contribution in [0.1, 0.15) is 24.1 Å². The van der Waals surface area contributed by atoms with Crippen LogP contribution < -0.4 is 9.57 Å². The number of hydrogen-bond donors (Lipinski definition) is 0. The van der Waals surface area contributed by atoms with Gasteiger partial charge in [-0.1, -0.05) is 18.2 Å². The van der Waals surface area contributed by atoms with E-state index in [1.54, 1.807) is 34.5 Å². The summed E-state index contributed by atoms with van der Waals surface area (Å²) in [5.41, 5.74) is 2.13. The normalized spacial score (nSPS) is 14.6. The third-order valence-electron chi connectivity index (χ3n) is 4.69. The van der Waals surface area contributed by atoms with Gasteiger partial charge in [-0.15, -0.1) is 0 Å². The maximum absolute atomic E-state index is 12.4. The van der Waals surface area contributed by atoms with Crippen molar-refractivity contribution in [2.24, 2.45) is 0 Å². The van der Waals surface area contributed by atoms with Gasteiger partial charge in [0.25, 0.3) is 0 Å². The number of benzene rings is 1. The van der Waals surface area contributed by atoms with Crippen molar-refractivity contribution < 1.29 is 14.4 Å². The fourth-order valence-electron chi connectivity index (χ4n) is 3.18. The number of likely N-dealkylation sites (tertiary alicyclic amines) is 1. The van der Waals surface area contributed by atoms with E-state index < -0.39 is 0 Å². The summed E-state index contributed by atoms with van der Waals surface area (Å²) in [6.07, 6.45) is 8.87. The number of pyridine rings is 1. The molecule has 0 radical (unpaired) electrons. The minimum Gasteiger partial charge on any atom is -0.410 e. The molecule has 0 N–H and O–H groups in total. The summed E-state index contributed by atoms with van der Waals surface area (Å²) in [6.45, 7) is 1.21. The van der Waals surface area contributed by atoms with Crippen LogP contribution in [0.2, 0.25) is 0 Å². The Hall–Kier alpha value is -3.35. The summed E-state index contributed by atoms with van der Waals surface area (Å²) < 4.78 is 7.12. The van der Waals surface area contributed by atoms with Crippen LogP contribution in [0.3, 0.4) is 0 Å². The molecule has 0 saturated carbocycles. The third kappa shape index (κ3) is 4.68. The number of ether oxygens (including phenoxy) is 1. The zero-order valence-electron chi connectivity index (χ0n) is 15.5. The van der Waals surface area contributed by atoms with E-state index in [2.05, 4.69) is 9.97 Å². The standard InChI is InChI=1S/C21H22N4O3/c26-21(24-12-8-20(9-13-24)28-25-14-11-22-16-25)27-19-6-4-17(5-7-19)15-18-3-1-2-10-23-18/h1-7,10-11,14,16,20H,8-9,12-13,15H2. The second-order valence-corrected chi connectivity index (χ2v) is 6.72. The van der Waals surface area contributed by atoms with Crippen molar-refractivity contribution in [1.82, 2.24) is 19.6 Å². The predicted molar refractivity (Wildman–Crippen MR) is 103 cm³/mol. The highest BCUT2D eigenvalue weighted by Crippen LogP contribution is 2.18. The summed E-state index contributed by atoms with van der Waals surface area (Å²) >= 11 is 0. The lowest BCUT2D eigenvalue weighted by molar-refractivity contribution is -0.0000187. The highest BCUT2D eigenvalue weighted by molar-refractivity contribution is 5.70. The first-order chi connectivity index (χ1) is 13.8. The molecular formula is C21H22N4O3. The van der Waals surface area contributed by atoms with Crippen LogP contribution in [0.15, 0.2) is 67.4 Å². The molecule has 0 aliphatic carbocycles. The number of hydrogen-bond acceptors (Lipinski definition) is 5. The van der Waals surface area contributed by atoms with Crippen LogP contribution in [-0.2, 0) is 6.42 Å². The molecular weight excluding hydrogens is 356 g/mol. The molecule has 1 aliphatic heterocycles. The van der Waals surface area contributed by atoms with E-state index >= 15 is 0 Å². The molecule has 0 unspecified atom stereocenters. The van der Waals surface area contributed by atoms with E-state index in [1.807, 2.05) is 42.5 Å². The number of amides is 1. The van der Waals surface area contributed by atoms with Crippen LogP contribution in [0.5, 0.6) is 5.75 Å². The Balaban J connectivity index is 1.26. The van der Waals surface area contributed by atoms with Gasteiger partial charge in [-0.3, -0.25) is 4.98 Å². The van der Waals surface area contributed by atoms with E-state index in [0.717, 1.165) is 30.5 Å². The molecule has 0 bridgehead atoms. The fraction of sp³-hybridized carbons (Fsp3) is 0.286. The SMILES string of the molecule is O=C(Oc1ccc(Cc2ccccn2)cc1)N1CCC(On2ccnc2)CC1. The second kappa shape index (κ2) is 8.56. The molecule has 4 rings (SSSR count). The summed E-state index contributed by atoms with van der Waals surface area (Å²) in [7, 11) is 0. The van der Waals surface area contributed by atoms with E-state index in [-0.39, 0.29) is 12.2 Å². The third-order valence-corrected chi connectivity index (χ3v) is 4.69. The van der Waals surface area contributed by atoms with Gasteiger partial charge >= 0.3 is 6.09 Å². The van der Waals surface area contributed by atoms with E-state index in [1.165, 1.54) is 0 Å². The fourth-order valence-corrected chi connectivity index (χ4v) is 3.18. The van der Waals surface area contributed by atoms with Gasteiger partial charge in [-0.2, -0.15) is 4.73 Å². The van der Waals surface area contributed by atoms with Crippen LogP contribution in [0.4, 0.5) is 4.79 Å². The molecule has 28 heavy (non-hydrogen) atoms. The van der Waals surface area contributed by atoms with Crippen LogP contribution in [-0.4, -0.2) is 44.9 Å². The molecule has 1 aliphatic rings. The van der Waals surface area contributed by atoms with Gasteiger partial charge in [0.05, 0.1) is 6.20 Å². The highest BCUT2D eigenvalue weighted by Gasteiger charge is 2.25. The Bertz CT molecular complexity index is 874. The molecule has 0 atom stereocenters. The van der Waals surface area contributed by atoms with Crippen LogP contribution in [0, 0.1) is 0 Å². The largest absolute Gasteiger partial charge is 0.415 e. The van der Waals surface area contributed by atoms with Gasteiger partial charge in [0.15, 0.2) is 0 Å². The molecule has 1 aromatic carbocycles. The molecule has 144 valence electrons. The summed E-state index contributed by atoms with van der Waals surface area (Å²) in [5.74, 6) is 0.548. The Labute approximate surface area is 163 Å². The van der Waals surface area contributed by atoms with E-state index in [0.29, 0.717) is 18.8 Å². The number of carbonyl (C=O) groups is 1. The average Bonchev–Trinajstić information content (AvgIpc) is 3.24. The number of piperidine rings is 1. The zero-order chi connectivity index (χ0) is 19.2. The molecule has 1 amide bonds. The Kier molecular flexibility index (Phi) is 5.51. The first-order valence-corrected chi connectivity index (χ1v) is 9.37. The second-order valence-electron chi connectivity index (χ2n) is 6.72. The number of rotatable bonds is 5. The topological polar surface area (TPSA) is 69.5 Å². The molecule has 3 heterocycles. The van der Waals surface area contributed by atoms with E-state index in [4.69, 9.17) is 9.57 Å². The maximum atomic E-state index is 12.4.